The van der Waals surface area contributed by atoms with E-state index in [2.05, 4.69) is 56.0 Å². The molecule has 9 nitrogen and oxygen atoms in total. The molecule has 0 saturated carbocycles. The molecular formula is C23H38IN7O2. The number of aliphatic imine (C=N–C) groups is 1. The van der Waals surface area contributed by atoms with Gasteiger partial charge < -0.3 is 24.3 Å². The average molecular weight is 572 g/mol. The zero-order valence-electron chi connectivity index (χ0n) is 20.1. The molecule has 1 aromatic heterocycles. The number of nitrogens with zero attached hydrogens (tertiary/aromatic N) is 6. The molecular weight excluding hydrogens is 533 g/mol. The number of nitrogens with one attached hydrogen (secondary N) is 1. The standard InChI is InChI=1S/C23H37N7O2.HI/c1-4-22-27-26-19-30(22)13-11-25-23(24-10-5-12-29-14-16-32-17-15-29)28(2)18-20-6-8-21(31-3)9-7-20;/h6-9,19H,4-5,10-18H2,1-3H3,(H,24,25);1H. The van der Waals surface area contributed by atoms with E-state index in [1.807, 2.05) is 12.1 Å². The smallest absolute Gasteiger partial charge is 0.194 e. The molecule has 0 spiro atoms. The van der Waals surface area contributed by atoms with E-state index in [0.717, 1.165) is 89.4 Å². The zero-order chi connectivity index (χ0) is 22.6. The van der Waals surface area contributed by atoms with Crippen molar-refractivity contribution in [2.24, 2.45) is 4.99 Å². The van der Waals surface area contributed by atoms with Gasteiger partial charge in [-0.15, -0.1) is 34.2 Å². The highest BCUT2D eigenvalue weighted by atomic mass is 127. The third-order valence-corrected chi connectivity index (χ3v) is 5.59. The minimum Gasteiger partial charge on any atom is -0.497 e. The van der Waals surface area contributed by atoms with Crippen LogP contribution in [0.15, 0.2) is 35.6 Å². The first-order valence-electron chi connectivity index (χ1n) is 11.5. The number of ether oxygens (including phenoxy) is 2. The van der Waals surface area contributed by atoms with Crippen LogP contribution in [-0.2, 0) is 24.2 Å². The Morgan fingerprint density at radius 2 is 1.97 bits per heavy atom. The van der Waals surface area contributed by atoms with Crippen molar-refractivity contribution in [2.45, 2.75) is 32.9 Å². The molecule has 0 amide bonds. The summed E-state index contributed by atoms with van der Waals surface area (Å²) in [6.07, 6.45) is 3.70. The Kier molecular flexibility index (Phi) is 12.5. The van der Waals surface area contributed by atoms with Crippen molar-refractivity contribution in [3.05, 3.63) is 42.0 Å². The maximum atomic E-state index is 5.43. The van der Waals surface area contributed by atoms with Crippen molar-refractivity contribution in [1.82, 2.24) is 29.9 Å². The van der Waals surface area contributed by atoms with Crippen LogP contribution in [0, 0.1) is 0 Å². The maximum Gasteiger partial charge on any atom is 0.194 e. The number of hydrogen-bond donors (Lipinski definition) is 1. The number of aromatic nitrogens is 3. The lowest BCUT2D eigenvalue weighted by molar-refractivity contribution is 0.0377. The van der Waals surface area contributed by atoms with Crippen molar-refractivity contribution in [1.29, 1.82) is 0 Å². The van der Waals surface area contributed by atoms with Gasteiger partial charge in [-0.25, -0.2) is 0 Å². The van der Waals surface area contributed by atoms with Gasteiger partial charge in [-0.1, -0.05) is 19.1 Å². The first-order chi connectivity index (χ1) is 15.7. The van der Waals surface area contributed by atoms with E-state index in [1.54, 1.807) is 13.4 Å². The molecule has 184 valence electrons. The number of halogens is 1. The Bertz CT molecular complexity index is 822. The van der Waals surface area contributed by atoms with E-state index in [0.29, 0.717) is 0 Å². The lowest BCUT2D eigenvalue weighted by atomic mass is 10.2. The van der Waals surface area contributed by atoms with Gasteiger partial charge in [0.15, 0.2) is 5.96 Å². The van der Waals surface area contributed by atoms with Gasteiger partial charge in [0.1, 0.15) is 17.9 Å². The summed E-state index contributed by atoms with van der Waals surface area (Å²) in [7, 11) is 3.76. The summed E-state index contributed by atoms with van der Waals surface area (Å²) in [5, 5.41) is 11.7. The van der Waals surface area contributed by atoms with Gasteiger partial charge in [0.05, 0.1) is 20.3 Å². The minimum absolute atomic E-state index is 0. The fraction of sp³-hybridized carbons (Fsp3) is 0.609. The average Bonchev–Trinajstić information content (AvgIpc) is 3.29. The van der Waals surface area contributed by atoms with Gasteiger partial charge in [-0.3, -0.25) is 9.89 Å². The quantitative estimate of drug-likeness (QED) is 0.192. The van der Waals surface area contributed by atoms with E-state index in [1.165, 1.54) is 5.56 Å². The van der Waals surface area contributed by atoms with Crippen molar-refractivity contribution in [3.8, 4) is 5.75 Å². The summed E-state index contributed by atoms with van der Waals surface area (Å²) in [5.41, 5.74) is 1.21. The Hall–Kier alpha value is -1.92. The fourth-order valence-electron chi connectivity index (χ4n) is 3.72. The largest absolute Gasteiger partial charge is 0.497 e. The molecule has 0 radical (unpaired) electrons. The Balaban J connectivity index is 0.00000385. The second kappa shape index (κ2) is 15.1. The highest BCUT2D eigenvalue weighted by Crippen LogP contribution is 2.12. The molecule has 0 bridgehead atoms. The lowest BCUT2D eigenvalue weighted by Crippen LogP contribution is -2.40. The van der Waals surface area contributed by atoms with Crippen LogP contribution in [0.5, 0.6) is 5.75 Å². The number of rotatable bonds is 11. The van der Waals surface area contributed by atoms with Crippen LogP contribution >= 0.6 is 24.0 Å². The Labute approximate surface area is 214 Å². The molecule has 0 unspecified atom stereocenters. The molecule has 1 fully saturated rings. The van der Waals surface area contributed by atoms with Crippen LogP contribution in [0.25, 0.3) is 0 Å². The van der Waals surface area contributed by atoms with Crippen LogP contribution in [-0.4, -0.2) is 90.6 Å². The molecule has 3 rings (SSSR count). The topological polar surface area (TPSA) is 80.0 Å². The molecule has 1 saturated heterocycles. The molecule has 1 aliphatic heterocycles. The van der Waals surface area contributed by atoms with Crippen LogP contribution in [0.3, 0.4) is 0 Å². The summed E-state index contributed by atoms with van der Waals surface area (Å²) in [6, 6.07) is 8.17. The van der Waals surface area contributed by atoms with E-state index in [-0.39, 0.29) is 24.0 Å². The Morgan fingerprint density at radius 1 is 1.21 bits per heavy atom. The van der Waals surface area contributed by atoms with Crippen molar-refractivity contribution >= 4 is 29.9 Å². The first kappa shape index (κ1) is 27.3. The van der Waals surface area contributed by atoms with Gasteiger partial charge >= 0.3 is 0 Å². The van der Waals surface area contributed by atoms with Gasteiger partial charge in [0.2, 0.25) is 0 Å². The molecule has 33 heavy (non-hydrogen) atoms. The van der Waals surface area contributed by atoms with Crippen molar-refractivity contribution in [3.63, 3.8) is 0 Å². The minimum atomic E-state index is 0. The van der Waals surface area contributed by atoms with Crippen LogP contribution in [0.1, 0.15) is 24.7 Å². The molecule has 1 aliphatic rings. The van der Waals surface area contributed by atoms with Crippen LogP contribution in [0.4, 0.5) is 0 Å². The third kappa shape index (κ3) is 9.09. The predicted octanol–water partition coefficient (Wildman–Crippen LogP) is 2.27. The maximum absolute atomic E-state index is 5.43. The number of hydrogen-bond acceptors (Lipinski definition) is 6. The highest BCUT2D eigenvalue weighted by Gasteiger charge is 2.11. The summed E-state index contributed by atoms with van der Waals surface area (Å²) < 4.78 is 12.8. The van der Waals surface area contributed by atoms with Gasteiger partial charge in [0, 0.05) is 59.3 Å². The molecule has 0 aliphatic carbocycles. The van der Waals surface area contributed by atoms with Gasteiger partial charge in [-0.2, -0.15) is 0 Å². The molecule has 2 aromatic rings. The van der Waals surface area contributed by atoms with Gasteiger partial charge in [-0.05, 0) is 24.1 Å². The third-order valence-electron chi connectivity index (χ3n) is 5.59. The number of benzene rings is 1. The van der Waals surface area contributed by atoms with Crippen LogP contribution < -0.4 is 10.1 Å². The molecule has 1 N–H and O–H groups in total. The summed E-state index contributed by atoms with van der Waals surface area (Å²) in [4.78, 5) is 9.53. The molecule has 0 atom stereocenters. The zero-order valence-corrected chi connectivity index (χ0v) is 22.4. The van der Waals surface area contributed by atoms with Crippen LogP contribution in [0.2, 0.25) is 0 Å². The highest BCUT2D eigenvalue weighted by molar-refractivity contribution is 14.0. The van der Waals surface area contributed by atoms with E-state index in [4.69, 9.17) is 14.5 Å². The number of guanidine groups is 1. The predicted molar refractivity (Wildman–Crippen MR) is 141 cm³/mol. The monoisotopic (exact) mass is 571 g/mol. The lowest BCUT2D eigenvalue weighted by Gasteiger charge is -2.26. The SMILES string of the molecule is CCc1nncn1CCNC(=NCCCN1CCOCC1)N(C)Cc1ccc(OC)cc1.I. The number of aryl methyl sites for hydroxylation is 1. The molecule has 2 heterocycles. The summed E-state index contributed by atoms with van der Waals surface area (Å²) in [6.45, 7) is 9.99. The number of morpholine rings is 1. The first-order valence-corrected chi connectivity index (χ1v) is 11.5. The van der Waals surface area contributed by atoms with E-state index < -0.39 is 0 Å². The molecule has 10 heteroatoms. The van der Waals surface area contributed by atoms with Crippen molar-refractivity contribution in [2.75, 3.05) is 60.1 Å². The van der Waals surface area contributed by atoms with E-state index in [9.17, 15) is 0 Å². The molecule has 1 aromatic carbocycles. The van der Waals surface area contributed by atoms with E-state index >= 15 is 0 Å². The fourth-order valence-corrected chi connectivity index (χ4v) is 3.72. The normalized spacial score (nSPS) is 14.6. The van der Waals surface area contributed by atoms with Crippen molar-refractivity contribution < 1.29 is 9.47 Å². The second-order valence-corrected chi connectivity index (χ2v) is 7.94. The van der Waals surface area contributed by atoms with Gasteiger partial charge in [0.25, 0.3) is 0 Å². The summed E-state index contributed by atoms with van der Waals surface area (Å²) >= 11 is 0. The summed E-state index contributed by atoms with van der Waals surface area (Å²) in [5.74, 6) is 2.78. The second-order valence-electron chi connectivity index (χ2n) is 7.94. The Morgan fingerprint density at radius 3 is 2.67 bits per heavy atom. The number of methoxy groups -OCH3 is 1.